The van der Waals surface area contributed by atoms with E-state index in [0.29, 0.717) is 12.0 Å². The molecule has 0 aromatic heterocycles. The first kappa shape index (κ1) is 16.3. The van der Waals surface area contributed by atoms with Crippen molar-refractivity contribution in [2.75, 3.05) is 0 Å². The molecular formula is C19H27FO. The fraction of sp³-hybridized carbons (Fsp3) is 0.632. The van der Waals surface area contributed by atoms with Crippen molar-refractivity contribution in [3.63, 3.8) is 0 Å². The van der Waals surface area contributed by atoms with Crippen LogP contribution in [-0.4, -0.2) is 11.2 Å². The van der Waals surface area contributed by atoms with Crippen LogP contribution in [0.2, 0.25) is 0 Å². The highest BCUT2D eigenvalue weighted by Gasteiger charge is 2.18. The van der Waals surface area contributed by atoms with Crippen LogP contribution in [0, 0.1) is 11.8 Å². The highest BCUT2D eigenvalue weighted by atomic mass is 19.1. The Morgan fingerprint density at radius 1 is 1.29 bits per heavy atom. The molecule has 1 atom stereocenters. The number of aliphatic hydroxyl groups is 1. The molecule has 0 spiro atoms. The number of rotatable bonds is 6. The van der Waals surface area contributed by atoms with Crippen LogP contribution in [0.1, 0.15) is 58.3 Å². The molecule has 1 N–H and O–H groups in total. The van der Waals surface area contributed by atoms with Crippen LogP contribution in [-0.2, 0) is 0 Å². The number of halogens is 1. The SMILES string of the molecule is CC1CCC(CCCC[C@H](O)C2=CC(F)=CC=C=C2)CC1. The summed E-state index contributed by atoms with van der Waals surface area (Å²) in [6.07, 6.45) is 15.1. The van der Waals surface area contributed by atoms with E-state index in [1.54, 1.807) is 6.08 Å². The third kappa shape index (κ3) is 5.65. The highest BCUT2D eigenvalue weighted by molar-refractivity contribution is 5.34. The zero-order valence-electron chi connectivity index (χ0n) is 13.0. The second kappa shape index (κ2) is 8.36. The molecule has 0 aliphatic heterocycles. The molecule has 0 aromatic carbocycles. The lowest BCUT2D eigenvalue weighted by Gasteiger charge is -2.26. The van der Waals surface area contributed by atoms with Gasteiger partial charge in [-0.15, -0.1) is 5.73 Å². The Morgan fingerprint density at radius 3 is 2.81 bits per heavy atom. The van der Waals surface area contributed by atoms with E-state index in [4.69, 9.17) is 0 Å². The van der Waals surface area contributed by atoms with Crippen LogP contribution < -0.4 is 0 Å². The van der Waals surface area contributed by atoms with E-state index < -0.39 is 6.10 Å². The van der Waals surface area contributed by atoms with Crippen LogP contribution in [0.15, 0.2) is 41.4 Å². The Labute approximate surface area is 127 Å². The molecule has 2 aliphatic rings. The normalized spacial score (nSPS) is 27.0. The van der Waals surface area contributed by atoms with E-state index in [1.807, 2.05) is 0 Å². The third-order valence-electron chi connectivity index (χ3n) is 4.75. The van der Waals surface area contributed by atoms with E-state index in [-0.39, 0.29) is 5.83 Å². The van der Waals surface area contributed by atoms with E-state index in [1.165, 1.54) is 56.8 Å². The lowest BCUT2D eigenvalue weighted by atomic mass is 9.80. The van der Waals surface area contributed by atoms with Crippen molar-refractivity contribution in [2.24, 2.45) is 11.8 Å². The van der Waals surface area contributed by atoms with Crippen molar-refractivity contribution in [1.29, 1.82) is 0 Å². The first-order valence-corrected chi connectivity index (χ1v) is 8.33. The van der Waals surface area contributed by atoms with Gasteiger partial charge < -0.3 is 5.11 Å². The molecule has 21 heavy (non-hydrogen) atoms. The molecule has 0 amide bonds. The predicted molar refractivity (Wildman–Crippen MR) is 85.5 cm³/mol. The molecule has 2 aliphatic carbocycles. The van der Waals surface area contributed by atoms with Gasteiger partial charge in [0.25, 0.3) is 0 Å². The summed E-state index contributed by atoms with van der Waals surface area (Å²) < 4.78 is 13.3. The van der Waals surface area contributed by atoms with Gasteiger partial charge in [0.15, 0.2) is 0 Å². The van der Waals surface area contributed by atoms with Crippen LogP contribution >= 0.6 is 0 Å². The second-order valence-electron chi connectivity index (χ2n) is 6.60. The molecule has 1 saturated carbocycles. The summed E-state index contributed by atoms with van der Waals surface area (Å²) >= 11 is 0. The predicted octanol–water partition coefficient (Wildman–Crippen LogP) is 5.24. The van der Waals surface area contributed by atoms with Gasteiger partial charge in [-0.3, -0.25) is 0 Å². The van der Waals surface area contributed by atoms with Gasteiger partial charge in [-0.1, -0.05) is 51.9 Å². The van der Waals surface area contributed by atoms with Crippen LogP contribution in [0.25, 0.3) is 0 Å². The standard InChI is InChI=1S/C19H27FO/c1-15-10-12-16(13-11-15)6-2-5-9-19(21)17-7-3-4-8-18(20)14-17/h4,7-8,14-16,19,21H,2,5-6,9-13H2,1H3/t15?,16?,19-/m0/s1. The molecule has 2 heteroatoms. The van der Waals surface area contributed by atoms with Crippen molar-refractivity contribution in [2.45, 2.75) is 64.4 Å². The Morgan fingerprint density at radius 2 is 2.05 bits per heavy atom. The molecule has 0 heterocycles. The summed E-state index contributed by atoms with van der Waals surface area (Å²) in [4.78, 5) is 0. The van der Waals surface area contributed by atoms with Gasteiger partial charge in [0.05, 0.1) is 6.10 Å². The average molecular weight is 290 g/mol. The molecule has 2 rings (SSSR count). The van der Waals surface area contributed by atoms with Crippen LogP contribution in [0.5, 0.6) is 0 Å². The Bertz CT molecular complexity index is 446. The first-order chi connectivity index (χ1) is 10.1. The van der Waals surface area contributed by atoms with Crippen molar-refractivity contribution in [1.82, 2.24) is 0 Å². The minimum absolute atomic E-state index is 0.318. The molecule has 0 radical (unpaired) electrons. The monoisotopic (exact) mass is 290 g/mol. The topological polar surface area (TPSA) is 20.2 Å². The molecule has 0 saturated heterocycles. The quantitative estimate of drug-likeness (QED) is 0.524. The first-order valence-electron chi connectivity index (χ1n) is 8.33. The molecule has 1 nitrogen and oxygen atoms in total. The van der Waals surface area contributed by atoms with Gasteiger partial charge in [-0.25, -0.2) is 4.39 Å². The van der Waals surface area contributed by atoms with Gasteiger partial charge in [-0.05, 0) is 48.1 Å². The summed E-state index contributed by atoms with van der Waals surface area (Å²) in [5.74, 6) is 1.48. The van der Waals surface area contributed by atoms with Crippen molar-refractivity contribution in [3.8, 4) is 0 Å². The maximum Gasteiger partial charge on any atom is 0.124 e. The number of hydrogen-bond acceptors (Lipinski definition) is 1. The fourth-order valence-electron chi connectivity index (χ4n) is 3.27. The summed E-state index contributed by atoms with van der Waals surface area (Å²) in [6.45, 7) is 2.35. The van der Waals surface area contributed by atoms with Gasteiger partial charge in [-0.2, -0.15) is 0 Å². The largest absolute Gasteiger partial charge is 0.388 e. The lowest BCUT2D eigenvalue weighted by Crippen LogP contribution is -2.13. The van der Waals surface area contributed by atoms with Crippen LogP contribution in [0.4, 0.5) is 4.39 Å². The molecule has 0 bridgehead atoms. The van der Waals surface area contributed by atoms with Gasteiger partial charge >= 0.3 is 0 Å². The summed E-state index contributed by atoms with van der Waals surface area (Å²) in [6, 6.07) is 0. The van der Waals surface area contributed by atoms with Crippen molar-refractivity contribution >= 4 is 0 Å². The van der Waals surface area contributed by atoms with Gasteiger partial charge in [0, 0.05) is 0 Å². The van der Waals surface area contributed by atoms with Crippen molar-refractivity contribution < 1.29 is 9.50 Å². The minimum atomic E-state index is -0.575. The number of aliphatic hydroxyl groups excluding tert-OH is 1. The zero-order chi connectivity index (χ0) is 15.1. The summed E-state index contributed by atoms with van der Waals surface area (Å²) in [7, 11) is 0. The maximum atomic E-state index is 13.3. The lowest BCUT2D eigenvalue weighted by molar-refractivity contribution is 0.196. The van der Waals surface area contributed by atoms with Crippen LogP contribution in [0.3, 0.4) is 0 Å². The Hall–Kier alpha value is -1.11. The molecule has 116 valence electrons. The fourth-order valence-corrected chi connectivity index (χ4v) is 3.27. The average Bonchev–Trinajstić information content (AvgIpc) is 2.70. The molecule has 1 fully saturated rings. The van der Waals surface area contributed by atoms with E-state index >= 15 is 0 Å². The van der Waals surface area contributed by atoms with Crippen molar-refractivity contribution in [3.05, 3.63) is 41.4 Å². The number of allylic oxidation sites excluding steroid dienone is 3. The smallest absolute Gasteiger partial charge is 0.124 e. The number of hydrogen-bond donors (Lipinski definition) is 1. The maximum absolute atomic E-state index is 13.3. The molecule has 0 aromatic rings. The van der Waals surface area contributed by atoms with E-state index in [9.17, 15) is 9.50 Å². The summed E-state index contributed by atoms with van der Waals surface area (Å²) in [5.41, 5.74) is 3.49. The zero-order valence-corrected chi connectivity index (χ0v) is 13.0. The molecule has 0 unspecified atom stereocenters. The van der Waals surface area contributed by atoms with E-state index in [0.717, 1.165) is 18.3 Å². The Balaban J connectivity index is 1.66. The number of unbranched alkanes of at least 4 members (excludes halogenated alkanes) is 1. The molecular weight excluding hydrogens is 263 g/mol. The third-order valence-corrected chi connectivity index (χ3v) is 4.75. The highest BCUT2D eigenvalue weighted by Crippen LogP contribution is 2.31. The second-order valence-corrected chi connectivity index (χ2v) is 6.60. The Kier molecular flexibility index (Phi) is 6.48. The van der Waals surface area contributed by atoms with E-state index in [2.05, 4.69) is 12.7 Å². The summed E-state index contributed by atoms with van der Waals surface area (Å²) in [5, 5.41) is 10.1. The minimum Gasteiger partial charge on any atom is -0.388 e. The van der Waals surface area contributed by atoms with Gasteiger partial charge in [0.2, 0.25) is 0 Å². The van der Waals surface area contributed by atoms with Gasteiger partial charge in [0.1, 0.15) is 5.83 Å².